The number of aromatic nitrogens is 2. The second kappa shape index (κ2) is 20.6. The van der Waals surface area contributed by atoms with Gasteiger partial charge in [0.25, 0.3) is 0 Å². The van der Waals surface area contributed by atoms with Crippen molar-refractivity contribution in [2.24, 2.45) is 0 Å². The number of aromatic amines is 2. The number of aliphatic hydroxyl groups excluding tert-OH is 2. The average Bonchev–Trinajstić information content (AvgIpc) is 3.91. The van der Waals surface area contributed by atoms with E-state index in [4.69, 9.17) is 18.9 Å². The predicted octanol–water partition coefficient (Wildman–Crippen LogP) is 9.60. The highest BCUT2D eigenvalue weighted by Gasteiger charge is 2.19. The van der Waals surface area contributed by atoms with Crippen LogP contribution in [0.2, 0.25) is 0 Å². The molecule has 0 bridgehead atoms. The number of para-hydroxylation sites is 4. The summed E-state index contributed by atoms with van der Waals surface area (Å²) in [6, 6.07) is 56.5. The smallest absolute Gasteiger partial charge is 0.161 e. The van der Waals surface area contributed by atoms with Crippen LogP contribution >= 0.6 is 0 Å². The first-order chi connectivity index (χ1) is 31.5. The molecule has 0 aliphatic heterocycles. The zero-order valence-electron chi connectivity index (χ0n) is 35.8. The molecule has 326 valence electrons. The van der Waals surface area contributed by atoms with E-state index in [0.717, 1.165) is 66.2 Å². The molecule has 7 aromatic carbocycles. The van der Waals surface area contributed by atoms with Gasteiger partial charge in [0.2, 0.25) is 0 Å². The van der Waals surface area contributed by atoms with Crippen molar-refractivity contribution in [3.8, 4) is 23.0 Å². The Bertz CT molecular complexity index is 2690. The minimum atomic E-state index is -0.738. The lowest BCUT2D eigenvalue weighted by atomic mass is 10.1. The molecule has 0 fully saturated rings. The lowest BCUT2D eigenvalue weighted by Gasteiger charge is -2.26. The van der Waals surface area contributed by atoms with Crippen LogP contribution in [-0.4, -0.2) is 94.8 Å². The fourth-order valence-corrected chi connectivity index (χ4v) is 8.46. The van der Waals surface area contributed by atoms with Gasteiger partial charge in [-0.05, 0) is 59.7 Å². The maximum atomic E-state index is 11.3. The van der Waals surface area contributed by atoms with Gasteiger partial charge in [-0.2, -0.15) is 0 Å². The average molecular weight is 855 g/mol. The SMILES string of the molecule is OC(COc1cccc2[nH]c3ccccc3c12)CN(CCOc1ccccc1OCCN(Cc1ccccc1)CC(O)COc1cccc2[nH]c3ccccc3c12)Cc1ccccc1. The molecule has 0 spiro atoms. The molecule has 0 saturated heterocycles. The van der Waals surface area contributed by atoms with Crippen LogP contribution in [0, 0.1) is 0 Å². The number of H-pyrrole nitrogens is 2. The van der Waals surface area contributed by atoms with E-state index in [1.165, 1.54) is 0 Å². The summed E-state index contributed by atoms with van der Waals surface area (Å²) in [6.07, 6.45) is -1.48. The summed E-state index contributed by atoms with van der Waals surface area (Å²) in [5, 5.41) is 26.9. The van der Waals surface area contributed by atoms with Gasteiger partial charge in [-0.1, -0.05) is 121 Å². The Balaban J connectivity index is 0.804. The number of rotatable bonds is 22. The Morgan fingerprint density at radius 1 is 0.391 bits per heavy atom. The molecule has 0 aliphatic rings. The van der Waals surface area contributed by atoms with Crippen molar-refractivity contribution in [3.05, 3.63) is 181 Å². The van der Waals surface area contributed by atoms with Crippen molar-refractivity contribution >= 4 is 43.6 Å². The van der Waals surface area contributed by atoms with Crippen LogP contribution in [0.15, 0.2) is 170 Å². The van der Waals surface area contributed by atoms with E-state index >= 15 is 0 Å². The zero-order chi connectivity index (χ0) is 43.5. The van der Waals surface area contributed by atoms with Gasteiger partial charge in [-0.15, -0.1) is 0 Å². The maximum Gasteiger partial charge on any atom is 0.161 e. The third kappa shape index (κ3) is 10.5. The van der Waals surface area contributed by atoms with Crippen molar-refractivity contribution in [3.63, 3.8) is 0 Å². The number of ether oxygens (including phenoxy) is 4. The molecule has 10 heteroatoms. The third-order valence-electron chi connectivity index (χ3n) is 11.5. The van der Waals surface area contributed by atoms with E-state index in [2.05, 4.69) is 68.3 Å². The van der Waals surface area contributed by atoms with Crippen LogP contribution in [-0.2, 0) is 13.1 Å². The first kappa shape index (κ1) is 42.5. The molecular formula is C54H54N4O6. The Kier molecular flexibility index (Phi) is 13.7. The fourth-order valence-electron chi connectivity index (χ4n) is 8.46. The molecule has 2 aromatic heterocycles. The highest BCUT2D eigenvalue weighted by Crippen LogP contribution is 2.34. The summed E-state index contributed by atoms with van der Waals surface area (Å²) in [6.45, 7) is 4.27. The number of hydrogen-bond acceptors (Lipinski definition) is 8. The van der Waals surface area contributed by atoms with Gasteiger partial charge >= 0.3 is 0 Å². The fraction of sp³-hybridized carbons (Fsp3) is 0.222. The lowest BCUT2D eigenvalue weighted by molar-refractivity contribution is 0.0592. The number of nitrogens with zero attached hydrogens (tertiary/aromatic N) is 2. The van der Waals surface area contributed by atoms with Crippen LogP contribution in [0.3, 0.4) is 0 Å². The summed E-state index contributed by atoms with van der Waals surface area (Å²) >= 11 is 0. The van der Waals surface area contributed by atoms with Crippen LogP contribution in [0.1, 0.15) is 11.1 Å². The first-order valence-corrected chi connectivity index (χ1v) is 22.0. The molecule has 0 saturated carbocycles. The molecule has 2 heterocycles. The standard InChI is InChI=1S/C54H54N4O6/c59-41(37-63-51-27-13-23-47-53(51)43-19-7-9-21-45(43)55-47)35-57(33-39-15-3-1-4-16-39)29-31-61-49-25-11-12-26-50(49)62-32-30-58(34-40-17-5-2-6-18-40)36-42(60)38-64-52-28-14-24-48-54(52)44-20-8-10-22-46(44)56-48/h1-28,41-42,55-56,59-60H,29-38H2. The van der Waals surface area contributed by atoms with Crippen LogP contribution in [0.25, 0.3) is 43.6 Å². The summed E-state index contributed by atoms with van der Waals surface area (Å²) in [5.41, 5.74) is 6.39. The predicted molar refractivity (Wildman–Crippen MR) is 255 cm³/mol. The van der Waals surface area contributed by atoms with Crippen molar-refractivity contribution in [1.29, 1.82) is 0 Å². The third-order valence-corrected chi connectivity index (χ3v) is 11.5. The summed E-state index contributed by atoms with van der Waals surface area (Å²) in [7, 11) is 0. The van der Waals surface area contributed by atoms with E-state index < -0.39 is 12.2 Å². The number of fused-ring (bicyclic) bond motifs is 6. The molecule has 0 radical (unpaired) electrons. The zero-order valence-corrected chi connectivity index (χ0v) is 35.8. The van der Waals surface area contributed by atoms with E-state index in [-0.39, 0.29) is 13.2 Å². The largest absolute Gasteiger partial charge is 0.490 e. The highest BCUT2D eigenvalue weighted by atomic mass is 16.5. The molecule has 2 atom stereocenters. The van der Waals surface area contributed by atoms with Crippen molar-refractivity contribution in [1.82, 2.24) is 19.8 Å². The van der Waals surface area contributed by atoms with Crippen LogP contribution < -0.4 is 18.9 Å². The second-order valence-electron chi connectivity index (χ2n) is 16.2. The van der Waals surface area contributed by atoms with Crippen LogP contribution in [0.5, 0.6) is 23.0 Å². The molecule has 9 rings (SSSR count). The van der Waals surface area contributed by atoms with Gasteiger partial charge in [0.15, 0.2) is 11.5 Å². The number of benzene rings is 7. The summed E-state index contributed by atoms with van der Waals surface area (Å²) in [5.74, 6) is 2.78. The van der Waals surface area contributed by atoms with Gasteiger partial charge in [0.05, 0.1) is 11.0 Å². The van der Waals surface area contributed by atoms with E-state index in [1.807, 2.05) is 121 Å². The first-order valence-electron chi connectivity index (χ1n) is 22.0. The molecular weight excluding hydrogens is 801 g/mol. The summed E-state index contributed by atoms with van der Waals surface area (Å²) in [4.78, 5) is 11.3. The van der Waals surface area contributed by atoms with Crippen molar-refractivity contribution in [2.75, 3.05) is 52.6 Å². The van der Waals surface area contributed by atoms with Gasteiger partial charge in [-0.3, -0.25) is 9.80 Å². The molecule has 0 amide bonds. The topological polar surface area (TPSA) is 115 Å². The van der Waals surface area contributed by atoms with Gasteiger partial charge in [0, 0.05) is 71.8 Å². The molecule has 4 N–H and O–H groups in total. The van der Waals surface area contributed by atoms with E-state index in [0.29, 0.717) is 64.0 Å². The number of nitrogens with one attached hydrogen (secondary N) is 2. The summed E-state index contributed by atoms with van der Waals surface area (Å²) < 4.78 is 25.3. The molecule has 2 unspecified atom stereocenters. The minimum absolute atomic E-state index is 0.147. The van der Waals surface area contributed by atoms with Crippen LogP contribution in [0.4, 0.5) is 0 Å². The maximum absolute atomic E-state index is 11.3. The highest BCUT2D eigenvalue weighted by molar-refractivity contribution is 6.11. The van der Waals surface area contributed by atoms with Crippen molar-refractivity contribution < 1.29 is 29.2 Å². The lowest BCUT2D eigenvalue weighted by Crippen LogP contribution is -2.38. The number of hydrogen-bond donors (Lipinski definition) is 4. The Morgan fingerprint density at radius 2 is 0.766 bits per heavy atom. The second-order valence-corrected chi connectivity index (χ2v) is 16.2. The Labute approximate surface area is 373 Å². The van der Waals surface area contributed by atoms with Gasteiger partial charge in [0.1, 0.15) is 50.1 Å². The Hall–Kier alpha value is -6.82. The molecule has 0 aliphatic carbocycles. The van der Waals surface area contributed by atoms with Crippen molar-refractivity contribution in [2.45, 2.75) is 25.3 Å². The quantitative estimate of drug-likeness (QED) is 0.0533. The molecule has 9 aromatic rings. The monoisotopic (exact) mass is 854 g/mol. The number of aliphatic hydroxyl groups is 2. The van der Waals surface area contributed by atoms with E-state index in [1.54, 1.807) is 0 Å². The normalized spacial score (nSPS) is 12.7. The van der Waals surface area contributed by atoms with E-state index in [9.17, 15) is 10.2 Å². The molecule has 10 nitrogen and oxygen atoms in total. The van der Waals surface area contributed by atoms with Gasteiger partial charge in [-0.25, -0.2) is 0 Å². The minimum Gasteiger partial charge on any atom is -0.490 e. The Morgan fingerprint density at radius 3 is 1.22 bits per heavy atom. The van der Waals surface area contributed by atoms with Gasteiger partial charge < -0.3 is 39.1 Å². The molecule has 64 heavy (non-hydrogen) atoms.